The van der Waals surface area contributed by atoms with Gasteiger partial charge in [-0.2, -0.15) is 0 Å². The monoisotopic (exact) mass is 252 g/mol. The first-order chi connectivity index (χ1) is 8.66. The fourth-order valence-electron chi connectivity index (χ4n) is 1.55. The van der Waals surface area contributed by atoms with Crippen molar-refractivity contribution in [3.8, 4) is 5.75 Å². The smallest absolute Gasteiger partial charge is 0.406 e. The second-order valence-corrected chi connectivity index (χ2v) is 3.71. The van der Waals surface area contributed by atoms with Gasteiger partial charge >= 0.3 is 11.9 Å². The standard InChI is InChI=1S/C10H12N4O4/c15-10(13-5-3-11-4-6-13)18-8-1-2-9(12-7-8)14(16)17/h1-2,7,11H,3-6H2. The molecule has 1 saturated heterocycles. The third-order valence-electron chi connectivity index (χ3n) is 2.49. The minimum absolute atomic E-state index is 0.198. The number of ether oxygens (including phenoxy) is 1. The van der Waals surface area contributed by atoms with E-state index >= 15 is 0 Å². The van der Waals surface area contributed by atoms with Gasteiger partial charge < -0.3 is 25.1 Å². The molecular formula is C10H12N4O4. The summed E-state index contributed by atoms with van der Waals surface area (Å²) in [5.41, 5.74) is 0. The average Bonchev–Trinajstić information content (AvgIpc) is 2.40. The van der Waals surface area contributed by atoms with E-state index in [1.807, 2.05) is 0 Å². The largest absolute Gasteiger partial charge is 0.415 e. The van der Waals surface area contributed by atoms with Gasteiger partial charge in [0.25, 0.3) is 0 Å². The third kappa shape index (κ3) is 2.92. The molecule has 8 nitrogen and oxygen atoms in total. The van der Waals surface area contributed by atoms with Crippen LogP contribution in [0.5, 0.6) is 5.75 Å². The minimum Gasteiger partial charge on any atom is -0.406 e. The molecule has 0 atom stereocenters. The molecule has 0 bridgehead atoms. The van der Waals surface area contributed by atoms with Gasteiger partial charge in [-0.1, -0.05) is 0 Å². The predicted molar refractivity (Wildman–Crippen MR) is 61.4 cm³/mol. The zero-order valence-electron chi connectivity index (χ0n) is 9.54. The zero-order valence-corrected chi connectivity index (χ0v) is 9.54. The zero-order chi connectivity index (χ0) is 13.0. The second kappa shape index (κ2) is 5.41. The summed E-state index contributed by atoms with van der Waals surface area (Å²) in [4.78, 5) is 26.6. The molecule has 18 heavy (non-hydrogen) atoms. The molecule has 0 unspecified atom stereocenters. The van der Waals surface area contributed by atoms with Crippen molar-refractivity contribution >= 4 is 11.9 Å². The molecule has 1 fully saturated rings. The summed E-state index contributed by atoms with van der Waals surface area (Å²) in [5, 5.41) is 13.5. The minimum atomic E-state index is -0.609. The van der Waals surface area contributed by atoms with E-state index in [0.717, 1.165) is 19.3 Å². The Labute approximate surface area is 103 Å². The highest BCUT2D eigenvalue weighted by Crippen LogP contribution is 2.14. The lowest BCUT2D eigenvalue weighted by atomic mass is 10.4. The summed E-state index contributed by atoms with van der Waals surface area (Å²) in [5.74, 6) is -0.0823. The van der Waals surface area contributed by atoms with Crippen LogP contribution in [0.15, 0.2) is 18.3 Å². The van der Waals surface area contributed by atoms with Crippen LogP contribution in [0, 0.1) is 10.1 Å². The first-order valence-corrected chi connectivity index (χ1v) is 5.45. The number of nitrogens with one attached hydrogen (secondary N) is 1. The quantitative estimate of drug-likeness (QED) is 0.604. The fourth-order valence-corrected chi connectivity index (χ4v) is 1.55. The molecule has 8 heteroatoms. The van der Waals surface area contributed by atoms with Gasteiger partial charge in [-0.3, -0.25) is 0 Å². The van der Waals surface area contributed by atoms with Crippen molar-refractivity contribution in [3.63, 3.8) is 0 Å². The van der Waals surface area contributed by atoms with Crippen molar-refractivity contribution in [2.75, 3.05) is 26.2 Å². The number of piperazine rings is 1. The van der Waals surface area contributed by atoms with Crippen LogP contribution in [0.1, 0.15) is 0 Å². The topological polar surface area (TPSA) is 97.6 Å². The van der Waals surface area contributed by atoms with Gasteiger partial charge in [0.2, 0.25) is 0 Å². The summed E-state index contributed by atoms with van der Waals surface area (Å²) in [6, 6.07) is 2.55. The third-order valence-corrected chi connectivity index (χ3v) is 2.49. The van der Waals surface area contributed by atoms with E-state index in [9.17, 15) is 14.9 Å². The molecule has 1 aliphatic rings. The van der Waals surface area contributed by atoms with E-state index in [0.29, 0.717) is 13.1 Å². The van der Waals surface area contributed by atoms with E-state index in [1.165, 1.54) is 12.1 Å². The summed E-state index contributed by atoms with van der Waals surface area (Å²) in [6.45, 7) is 2.62. The molecule has 0 spiro atoms. The van der Waals surface area contributed by atoms with Crippen LogP contribution in [-0.2, 0) is 0 Å². The SMILES string of the molecule is O=C(Oc1ccc([N+](=O)[O-])nc1)N1CCNCC1. The molecule has 2 heterocycles. The van der Waals surface area contributed by atoms with Crippen LogP contribution in [0.3, 0.4) is 0 Å². The Kier molecular flexibility index (Phi) is 3.68. The van der Waals surface area contributed by atoms with Crippen LogP contribution in [0.25, 0.3) is 0 Å². The normalized spacial score (nSPS) is 15.2. The predicted octanol–water partition coefficient (Wildman–Crippen LogP) is 0.394. The Morgan fingerprint density at radius 2 is 2.17 bits per heavy atom. The summed E-state index contributed by atoms with van der Waals surface area (Å²) in [7, 11) is 0. The Morgan fingerprint density at radius 3 is 2.72 bits per heavy atom. The van der Waals surface area contributed by atoms with Crippen LogP contribution in [0.4, 0.5) is 10.6 Å². The maximum atomic E-state index is 11.7. The number of amides is 1. The van der Waals surface area contributed by atoms with E-state index in [2.05, 4.69) is 10.3 Å². The van der Waals surface area contributed by atoms with Crippen LogP contribution in [-0.4, -0.2) is 47.1 Å². The van der Waals surface area contributed by atoms with Crippen molar-refractivity contribution in [1.29, 1.82) is 0 Å². The fraction of sp³-hybridized carbons (Fsp3) is 0.400. The van der Waals surface area contributed by atoms with Crippen molar-refractivity contribution in [2.45, 2.75) is 0 Å². The Balaban J connectivity index is 1.96. The molecule has 0 aromatic carbocycles. The number of rotatable bonds is 2. The lowest BCUT2D eigenvalue weighted by Gasteiger charge is -2.26. The van der Waals surface area contributed by atoms with Crippen molar-refractivity contribution < 1.29 is 14.5 Å². The first-order valence-electron chi connectivity index (χ1n) is 5.45. The highest BCUT2D eigenvalue weighted by atomic mass is 16.6. The molecule has 0 radical (unpaired) electrons. The molecule has 1 aromatic rings. The van der Waals surface area contributed by atoms with Gasteiger partial charge in [0, 0.05) is 32.2 Å². The van der Waals surface area contributed by atoms with Crippen molar-refractivity contribution in [3.05, 3.63) is 28.4 Å². The van der Waals surface area contributed by atoms with Gasteiger partial charge in [-0.25, -0.2) is 4.79 Å². The van der Waals surface area contributed by atoms with Gasteiger partial charge in [-0.05, 0) is 16.0 Å². The molecule has 1 N–H and O–H groups in total. The molecule has 1 aromatic heterocycles. The number of carbonyl (C=O) groups excluding carboxylic acids is 1. The summed E-state index contributed by atoms with van der Waals surface area (Å²) >= 11 is 0. The molecule has 2 rings (SSSR count). The number of hydrogen-bond donors (Lipinski definition) is 1. The van der Waals surface area contributed by atoms with Crippen LogP contribution < -0.4 is 10.1 Å². The van der Waals surface area contributed by atoms with Crippen molar-refractivity contribution in [2.24, 2.45) is 0 Å². The number of nitrogens with zero attached hydrogens (tertiary/aromatic N) is 3. The van der Waals surface area contributed by atoms with E-state index in [-0.39, 0.29) is 11.6 Å². The second-order valence-electron chi connectivity index (χ2n) is 3.71. The summed E-state index contributed by atoms with van der Waals surface area (Å²) < 4.78 is 5.06. The molecule has 0 saturated carbocycles. The number of hydrogen-bond acceptors (Lipinski definition) is 6. The number of carbonyl (C=O) groups is 1. The maximum absolute atomic E-state index is 11.7. The number of pyridine rings is 1. The maximum Gasteiger partial charge on any atom is 0.415 e. The Morgan fingerprint density at radius 1 is 1.44 bits per heavy atom. The lowest BCUT2D eigenvalue weighted by molar-refractivity contribution is -0.389. The highest BCUT2D eigenvalue weighted by molar-refractivity contribution is 5.70. The van der Waals surface area contributed by atoms with Crippen molar-refractivity contribution in [1.82, 2.24) is 15.2 Å². The van der Waals surface area contributed by atoms with Gasteiger partial charge in [0.05, 0.1) is 0 Å². The van der Waals surface area contributed by atoms with E-state index in [1.54, 1.807) is 4.90 Å². The van der Waals surface area contributed by atoms with Crippen LogP contribution >= 0.6 is 0 Å². The van der Waals surface area contributed by atoms with E-state index in [4.69, 9.17) is 4.74 Å². The van der Waals surface area contributed by atoms with Gasteiger partial charge in [0.1, 0.15) is 0 Å². The summed E-state index contributed by atoms with van der Waals surface area (Å²) in [6.07, 6.45) is 0.699. The number of aromatic nitrogens is 1. The van der Waals surface area contributed by atoms with Crippen LogP contribution in [0.2, 0.25) is 0 Å². The highest BCUT2D eigenvalue weighted by Gasteiger charge is 2.19. The number of nitro groups is 1. The van der Waals surface area contributed by atoms with Gasteiger partial charge in [0.15, 0.2) is 11.9 Å². The molecule has 1 amide bonds. The van der Waals surface area contributed by atoms with Gasteiger partial charge in [-0.15, -0.1) is 0 Å². The van der Waals surface area contributed by atoms with E-state index < -0.39 is 11.0 Å². The lowest BCUT2D eigenvalue weighted by Crippen LogP contribution is -2.47. The molecule has 0 aliphatic carbocycles. The molecule has 1 aliphatic heterocycles. The Bertz CT molecular complexity index is 442. The average molecular weight is 252 g/mol. The molecule has 96 valence electrons. The molecular weight excluding hydrogens is 240 g/mol. The Hall–Kier alpha value is -2.22. The first kappa shape index (κ1) is 12.2.